The number of hydrogen-bond acceptors (Lipinski definition) is 5. The largest absolute Gasteiger partial charge is 0.507 e. The van der Waals surface area contributed by atoms with Crippen molar-refractivity contribution >= 4 is 11.8 Å². The summed E-state index contributed by atoms with van der Waals surface area (Å²) in [6, 6.07) is 15.0. The number of carbonyl (C=O) groups excluding carboxylic acids is 2. The molecule has 2 aliphatic rings. The molecule has 0 unspecified atom stereocenters. The van der Waals surface area contributed by atoms with Crippen molar-refractivity contribution in [2.75, 3.05) is 27.2 Å². The summed E-state index contributed by atoms with van der Waals surface area (Å²) in [5, 5.41) is 10.5. The number of aromatic hydroxyl groups is 1. The zero-order valence-electron chi connectivity index (χ0n) is 21.0. The van der Waals surface area contributed by atoms with Gasteiger partial charge in [0.25, 0.3) is 11.8 Å². The van der Waals surface area contributed by atoms with Gasteiger partial charge < -0.3 is 24.5 Å². The van der Waals surface area contributed by atoms with Crippen LogP contribution in [0.25, 0.3) is 0 Å². The summed E-state index contributed by atoms with van der Waals surface area (Å²) < 4.78 is 20.0. The number of phenolic OH excluding ortho intramolecular Hbond substituents is 1. The van der Waals surface area contributed by atoms with E-state index in [0.717, 1.165) is 35.4 Å². The molecule has 3 aromatic carbocycles. The summed E-state index contributed by atoms with van der Waals surface area (Å²) in [7, 11) is 4.05. The van der Waals surface area contributed by atoms with Gasteiger partial charge >= 0.3 is 0 Å². The number of nitrogens with zero attached hydrogens (tertiary/aromatic N) is 3. The predicted molar refractivity (Wildman–Crippen MR) is 137 cm³/mol. The van der Waals surface area contributed by atoms with E-state index in [2.05, 4.69) is 4.90 Å². The van der Waals surface area contributed by atoms with E-state index in [4.69, 9.17) is 4.74 Å². The fraction of sp³-hybridized carbons (Fsp3) is 0.310. The first-order chi connectivity index (χ1) is 17.8. The zero-order chi connectivity index (χ0) is 26.1. The summed E-state index contributed by atoms with van der Waals surface area (Å²) in [6.07, 6.45) is 0.918. The van der Waals surface area contributed by atoms with E-state index in [1.807, 2.05) is 38.4 Å². The van der Waals surface area contributed by atoms with E-state index in [0.29, 0.717) is 31.8 Å². The van der Waals surface area contributed by atoms with Crippen molar-refractivity contribution in [3.05, 3.63) is 93.8 Å². The van der Waals surface area contributed by atoms with Crippen molar-refractivity contribution in [1.82, 2.24) is 14.7 Å². The van der Waals surface area contributed by atoms with Crippen LogP contribution < -0.4 is 4.74 Å². The van der Waals surface area contributed by atoms with Gasteiger partial charge in [-0.05, 0) is 73.6 Å². The van der Waals surface area contributed by atoms with E-state index in [1.54, 1.807) is 15.9 Å². The van der Waals surface area contributed by atoms with Gasteiger partial charge in [-0.2, -0.15) is 0 Å². The Hall–Kier alpha value is -3.91. The Balaban J connectivity index is 1.27. The molecule has 2 heterocycles. The van der Waals surface area contributed by atoms with Crippen molar-refractivity contribution in [3.8, 4) is 11.5 Å². The standard InChI is InChI=1S/C29H30FN3O4/c1-31(2)11-4-12-37-23-9-7-20-15-32(17-22(20)13-23)29(36)24-14-19(8-10-27(24)34)28(35)33-16-21-5-3-6-26(30)25(21)18-33/h3,5-10,13-14,34H,4,11-12,15-18H2,1-2H3. The molecule has 3 aromatic rings. The van der Waals surface area contributed by atoms with Gasteiger partial charge in [-0.3, -0.25) is 9.59 Å². The van der Waals surface area contributed by atoms with E-state index in [-0.39, 0.29) is 41.1 Å². The van der Waals surface area contributed by atoms with Crippen molar-refractivity contribution in [2.24, 2.45) is 0 Å². The first-order valence-electron chi connectivity index (χ1n) is 12.4. The van der Waals surface area contributed by atoms with Crippen LogP contribution in [0.3, 0.4) is 0 Å². The maximum atomic E-state index is 14.1. The van der Waals surface area contributed by atoms with Crippen LogP contribution in [0.15, 0.2) is 54.6 Å². The number of carbonyl (C=O) groups is 2. The summed E-state index contributed by atoms with van der Waals surface area (Å²) >= 11 is 0. The molecule has 0 atom stereocenters. The Labute approximate surface area is 215 Å². The Morgan fingerprint density at radius 1 is 0.919 bits per heavy atom. The smallest absolute Gasteiger partial charge is 0.258 e. The highest BCUT2D eigenvalue weighted by molar-refractivity contribution is 6.01. The summed E-state index contributed by atoms with van der Waals surface area (Å²) in [5.41, 5.74) is 3.67. The molecule has 0 aromatic heterocycles. The molecule has 0 fully saturated rings. The maximum Gasteiger partial charge on any atom is 0.258 e. The van der Waals surface area contributed by atoms with Crippen molar-refractivity contribution in [1.29, 1.82) is 0 Å². The monoisotopic (exact) mass is 503 g/mol. The van der Waals surface area contributed by atoms with Crippen LogP contribution >= 0.6 is 0 Å². The molecule has 192 valence electrons. The molecule has 0 saturated heterocycles. The predicted octanol–water partition coefficient (Wildman–Crippen LogP) is 4.17. The Bertz CT molecular complexity index is 1360. The molecular weight excluding hydrogens is 473 g/mol. The quantitative estimate of drug-likeness (QED) is 0.490. The Kier molecular flexibility index (Phi) is 6.84. The number of benzene rings is 3. The second kappa shape index (κ2) is 10.2. The van der Waals surface area contributed by atoms with Gasteiger partial charge in [0.1, 0.15) is 17.3 Å². The lowest BCUT2D eigenvalue weighted by molar-refractivity contribution is 0.0747. The minimum absolute atomic E-state index is 0.0710. The van der Waals surface area contributed by atoms with Crippen LogP contribution in [-0.4, -0.2) is 58.9 Å². The molecule has 8 heteroatoms. The van der Waals surface area contributed by atoms with Crippen molar-refractivity contribution in [2.45, 2.75) is 32.6 Å². The van der Waals surface area contributed by atoms with E-state index >= 15 is 0 Å². The Morgan fingerprint density at radius 3 is 2.46 bits per heavy atom. The lowest BCUT2D eigenvalue weighted by Gasteiger charge is -2.19. The SMILES string of the molecule is CN(C)CCCOc1ccc2c(c1)CN(C(=O)c1cc(C(=O)N3Cc4cccc(F)c4C3)ccc1O)C2. The summed E-state index contributed by atoms with van der Waals surface area (Å²) in [5.74, 6) is -0.411. The van der Waals surface area contributed by atoms with Crippen LogP contribution in [0.2, 0.25) is 0 Å². The number of hydrogen-bond donors (Lipinski definition) is 1. The van der Waals surface area contributed by atoms with Gasteiger partial charge in [-0.15, -0.1) is 0 Å². The molecule has 0 bridgehead atoms. The van der Waals surface area contributed by atoms with E-state index < -0.39 is 0 Å². The molecule has 2 aliphatic heterocycles. The highest BCUT2D eigenvalue weighted by Crippen LogP contribution is 2.31. The molecule has 37 heavy (non-hydrogen) atoms. The topological polar surface area (TPSA) is 73.3 Å². The summed E-state index contributed by atoms with van der Waals surface area (Å²) in [6.45, 7) is 2.83. The van der Waals surface area contributed by atoms with Gasteiger partial charge in [0.05, 0.1) is 12.2 Å². The third-order valence-electron chi connectivity index (χ3n) is 6.89. The van der Waals surface area contributed by atoms with Crippen LogP contribution in [0.4, 0.5) is 4.39 Å². The van der Waals surface area contributed by atoms with Crippen LogP contribution in [0.1, 0.15) is 49.4 Å². The van der Waals surface area contributed by atoms with Gasteiger partial charge in [0, 0.05) is 43.9 Å². The average Bonchev–Trinajstić information content (AvgIpc) is 3.51. The second-order valence-electron chi connectivity index (χ2n) is 9.87. The first kappa shape index (κ1) is 24.8. The molecular formula is C29H30FN3O4. The normalized spacial score (nSPS) is 14.2. The number of fused-ring (bicyclic) bond motifs is 2. The minimum Gasteiger partial charge on any atom is -0.507 e. The van der Waals surface area contributed by atoms with E-state index in [9.17, 15) is 19.1 Å². The number of amides is 2. The van der Waals surface area contributed by atoms with Crippen molar-refractivity contribution < 1.29 is 23.8 Å². The second-order valence-corrected chi connectivity index (χ2v) is 9.87. The molecule has 7 nitrogen and oxygen atoms in total. The average molecular weight is 504 g/mol. The molecule has 5 rings (SSSR count). The minimum atomic E-state index is -0.354. The third kappa shape index (κ3) is 5.15. The molecule has 0 radical (unpaired) electrons. The van der Waals surface area contributed by atoms with Gasteiger partial charge in [-0.1, -0.05) is 18.2 Å². The summed E-state index contributed by atoms with van der Waals surface area (Å²) in [4.78, 5) is 31.8. The fourth-order valence-electron chi connectivity index (χ4n) is 4.89. The fourth-order valence-corrected chi connectivity index (χ4v) is 4.89. The van der Waals surface area contributed by atoms with E-state index in [1.165, 1.54) is 24.3 Å². The number of rotatable bonds is 7. The third-order valence-corrected chi connectivity index (χ3v) is 6.89. The Morgan fingerprint density at radius 2 is 1.68 bits per heavy atom. The molecule has 0 saturated carbocycles. The van der Waals surface area contributed by atoms with Crippen LogP contribution in [-0.2, 0) is 26.2 Å². The highest BCUT2D eigenvalue weighted by Gasteiger charge is 2.30. The van der Waals surface area contributed by atoms with Gasteiger partial charge in [0.15, 0.2) is 0 Å². The zero-order valence-corrected chi connectivity index (χ0v) is 21.0. The maximum absolute atomic E-state index is 14.1. The van der Waals surface area contributed by atoms with Gasteiger partial charge in [-0.25, -0.2) is 4.39 Å². The molecule has 0 spiro atoms. The molecule has 2 amide bonds. The molecule has 0 aliphatic carbocycles. The number of ether oxygens (including phenoxy) is 1. The van der Waals surface area contributed by atoms with Crippen molar-refractivity contribution in [3.63, 3.8) is 0 Å². The lowest BCUT2D eigenvalue weighted by Crippen LogP contribution is -2.27. The highest BCUT2D eigenvalue weighted by atomic mass is 19.1. The van der Waals surface area contributed by atoms with Gasteiger partial charge in [0.2, 0.25) is 0 Å². The van der Waals surface area contributed by atoms with Crippen LogP contribution in [0.5, 0.6) is 11.5 Å². The number of halogens is 1. The number of phenols is 1. The molecule has 1 N–H and O–H groups in total. The lowest BCUT2D eigenvalue weighted by atomic mass is 10.1. The first-order valence-corrected chi connectivity index (χ1v) is 12.4. The van der Waals surface area contributed by atoms with Crippen LogP contribution in [0, 0.1) is 5.82 Å².